The summed E-state index contributed by atoms with van der Waals surface area (Å²) in [6.45, 7) is 0. The van der Waals surface area contributed by atoms with Gasteiger partial charge in [0.1, 0.15) is 0 Å². The molecule has 0 bridgehead atoms. The van der Waals surface area contributed by atoms with Gasteiger partial charge in [0.2, 0.25) is 9.47 Å². The second kappa shape index (κ2) is 3.55. The Labute approximate surface area is 91.3 Å². The number of halogens is 2. The van der Waals surface area contributed by atoms with Gasteiger partial charge in [0.25, 0.3) is 0 Å². The molecule has 0 spiro atoms. The van der Waals surface area contributed by atoms with Crippen molar-refractivity contribution in [2.45, 2.75) is 0 Å². The summed E-state index contributed by atoms with van der Waals surface area (Å²) in [5, 5.41) is 4.09. The van der Waals surface area contributed by atoms with Crippen LogP contribution in [0.5, 0.6) is 0 Å². The number of pyridine rings is 1. The Morgan fingerprint density at radius 1 is 1.23 bits per heavy atom. The molecule has 66 valence electrons. The van der Waals surface area contributed by atoms with Crippen LogP contribution < -0.4 is 0 Å². The fourth-order valence-electron chi connectivity index (χ4n) is 0.894. The summed E-state index contributed by atoms with van der Waals surface area (Å²) in [4.78, 5) is 8.17. The van der Waals surface area contributed by atoms with E-state index in [-0.39, 0.29) is 0 Å². The molecule has 2 aromatic heterocycles. The zero-order valence-corrected chi connectivity index (χ0v) is 9.53. The molecular formula is C7H4Br2N4. The lowest BCUT2D eigenvalue weighted by Crippen LogP contribution is -1.98. The van der Waals surface area contributed by atoms with E-state index in [9.17, 15) is 0 Å². The molecular weight excluding hydrogens is 300 g/mol. The highest BCUT2D eigenvalue weighted by Gasteiger charge is 2.06. The molecule has 0 aromatic carbocycles. The molecule has 13 heavy (non-hydrogen) atoms. The van der Waals surface area contributed by atoms with Gasteiger partial charge in [-0.2, -0.15) is 9.67 Å². The van der Waals surface area contributed by atoms with Crippen molar-refractivity contribution in [3.63, 3.8) is 0 Å². The van der Waals surface area contributed by atoms with Crippen LogP contribution >= 0.6 is 31.9 Å². The van der Waals surface area contributed by atoms with Gasteiger partial charge in [-0.3, -0.25) is 0 Å². The smallest absolute Gasteiger partial charge is 0.218 e. The first-order valence-electron chi connectivity index (χ1n) is 3.47. The van der Waals surface area contributed by atoms with E-state index < -0.39 is 0 Å². The van der Waals surface area contributed by atoms with E-state index in [0.717, 1.165) is 5.82 Å². The summed E-state index contributed by atoms with van der Waals surface area (Å²) in [7, 11) is 0. The molecule has 0 aliphatic heterocycles. The number of nitrogens with zero attached hydrogens (tertiary/aromatic N) is 4. The van der Waals surface area contributed by atoms with Crippen LogP contribution in [0.2, 0.25) is 0 Å². The first-order valence-corrected chi connectivity index (χ1v) is 5.05. The minimum Gasteiger partial charge on any atom is -0.237 e. The van der Waals surface area contributed by atoms with Crippen molar-refractivity contribution in [3.8, 4) is 5.82 Å². The Hall–Kier alpha value is -0.750. The molecule has 0 unspecified atom stereocenters. The summed E-state index contributed by atoms with van der Waals surface area (Å²) in [5.41, 5.74) is 0. The lowest BCUT2D eigenvalue weighted by atomic mass is 10.5. The van der Waals surface area contributed by atoms with Gasteiger partial charge >= 0.3 is 0 Å². The molecule has 2 aromatic rings. The predicted octanol–water partition coefficient (Wildman–Crippen LogP) is 2.19. The predicted molar refractivity (Wildman–Crippen MR) is 54.6 cm³/mol. The number of rotatable bonds is 1. The molecule has 0 saturated carbocycles. The molecule has 6 heteroatoms. The number of aromatic nitrogens is 4. The maximum absolute atomic E-state index is 4.13. The highest BCUT2D eigenvalue weighted by Crippen LogP contribution is 2.14. The monoisotopic (exact) mass is 302 g/mol. The van der Waals surface area contributed by atoms with Crippen LogP contribution in [0.3, 0.4) is 0 Å². The van der Waals surface area contributed by atoms with Gasteiger partial charge in [0.05, 0.1) is 0 Å². The van der Waals surface area contributed by atoms with Gasteiger partial charge in [-0.1, -0.05) is 6.07 Å². The molecule has 0 fully saturated rings. The topological polar surface area (TPSA) is 43.6 Å². The van der Waals surface area contributed by atoms with Gasteiger partial charge in [0, 0.05) is 6.20 Å². The second-order valence-corrected chi connectivity index (χ2v) is 3.67. The zero-order chi connectivity index (χ0) is 9.26. The Bertz CT molecular complexity index is 412. The SMILES string of the molecule is Brc1nc(Br)n(-c2ccccn2)n1. The van der Waals surface area contributed by atoms with E-state index in [1.54, 1.807) is 10.9 Å². The molecule has 0 aliphatic carbocycles. The summed E-state index contributed by atoms with van der Waals surface area (Å²) in [5.74, 6) is 0.729. The lowest BCUT2D eigenvalue weighted by molar-refractivity contribution is 0.819. The first kappa shape index (κ1) is 8.83. The van der Waals surface area contributed by atoms with Crippen LogP contribution in [0.25, 0.3) is 5.82 Å². The highest BCUT2D eigenvalue weighted by atomic mass is 79.9. The molecule has 0 atom stereocenters. The minimum absolute atomic E-state index is 0.532. The quantitative estimate of drug-likeness (QED) is 0.811. The Morgan fingerprint density at radius 3 is 2.62 bits per heavy atom. The van der Waals surface area contributed by atoms with Gasteiger partial charge < -0.3 is 0 Å². The summed E-state index contributed by atoms with van der Waals surface area (Å²) < 4.78 is 2.76. The average Bonchev–Trinajstić information content (AvgIpc) is 2.47. The van der Waals surface area contributed by atoms with Crippen molar-refractivity contribution in [1.82, 2.24) is 19.7 Å². The fraction of sp³-hybridized carbons (Fsp3) is 0. The lowest BCUT2D eigenvalue weighted by Gasteiger charge is -1.97. The Kier molecular flexibility index (Phi) is 2.41. The van der Waals surface area contributed by atoms with Crippen LogP contribution in [0, 0.1) is 0 Å². The van der Waals surface area contributed by atoms with Crippen LogP contribution in [0.4, 0.5) is 0 Å². The van der Waals surface area contributed by atoms with Gasteiger partial charge in [-0.25, -0.2) is 4.98 Å². The molecule has 0 amide bonds. The third-order valence-corrected chi connectivity index (χ3v) is 2.26. The van der Waals surface area contributed by atoms with Crippen LogP contribution in [-0.4, -0.2) is 19.7 Å². The molecule has 0 saturated heterocycles. The molecule has 4 nitrogen and oxygen atoms in total. The fourth-order valence-corrected chi connectivity index (χ4v) is 1.89. The van der Waals surface area contributed by atoms with Gasteiger partial charge in [-0.15, -0.1) is 5.10 Å². The summed E-state index contributed by atoms with van der Waals surface area (Å²) >= 11 is 6.45. The van der Waals surface area contributed by atoms with Crippen molar-refractivity contribution >= 4 is 31.9 Å². The van der Waals surface area contributed by atoms with Crippen molar-refractivity contribution in [1.29, 1.82) is 0 Å². The third kappa shape index (κ3) is 1.78. The van der Waals surface area contributed by atoms with Gasteiger partial charge in [0.15, 0.2) is 5.82 Å². The van der Waals surface area contributed by atoms with E-state index in [0.29, 0.717) is 9.47 Å². The summed E-state index contributed by atoms with van der Waals surface area (Å²) in [6, 6.07) is 5.60. The van der Waals surface area contributed by atoms with Crippen molar-refractivity contribution < 1.29 is 0 Å². The number of hydrogen-bond donors (Lipinski definition) is 0. The minimum atomic E-state index is 0.532. The number of hydrogen-bond acceptors (Lipinski definition) is 3. The molecule has 0 aliphatic rings. The molecule has 0 radical (unpaired) electrons. The summed E-state index contributed by atoms with van der Waals surface area (Å²) in [6.07, 6.45) is 1.71. The van der Waals surface area contributed by atoms with Crippen LogP contribution in [-0.2, 0) is 0 Å². The van der Waals surface area contributed by atoms with Crippen molar-refractivity contribution in [2.24, 2.45) is 0 Å². The maximum atomic E-state index is 4.13. The normalized spacial score (nSPS) is 10.3. The average molecular weight is 304 g/mol. The van der Waals surface area contributed by atoms with Gasteiger partial charge in [-0.05, 0) is 44.0 Å². The third-order valence-electron chi connectivity index (χ3n) is 1.41. The Balaban J connectivity index is 2.53. The van der Waals surface area contributed by atoms with E-state index in [4.69, 9.17) is 0 Å². The van der Waals surface area contributed by atoms with Crippen LogP contribution in [0.1, 0.15) is 0 Å². The van der Waals surface area contributed by atoms with Crippen molar-refractivity contribution in [3.05, 3.63) is 33.9 Å². The van der Waals surface area contributed by atoms with E-state index >= 15 is 0 Å². The Morgan fingerprint density at radius 2 is 2.08 bits per heavy atom. The van der Waals surface area contributed by atoms with E-state index in [1.807, 2.05) is 18.2 Å². The maximum Gasteiger partial charge on any atom is 0.218 e. The molecule has 2 rings (SSSR count). The zero-order valence-electron chi connectivity index (χ0n) is 6.35. The molecule has 0 N–H and O–H groups in total. The first-order chi connectivity index (χ1) is 6.27. The standard InChI is InChI=1S/C7H4Br2N4/c8-6-11-7(9)13(12-6)5-3-1-2-4-10-5/h1-4H. The van der Waals surface area contributed by atoms with Crippen LogP contribution in [0.15, 0.2) is 33.9 Å². The van der Waals surface area contributed by atoms with Crippen molar-refractivity contribution in [2.75, 3.05) is 0 Å². The molecule has 2 heterocycles. The van der Waals surface area contributed by atoms with E-state index in [2.05, 4.69) is 46.9 Å². The second-order valence-electron chi connectivity index (χ2n) is 2.25. The highest BCUT2D eigenvalue weighted by molar-refractivity contribution is 9.11. The van der Waals surface area contributed by atoms with E-state index in [1.165, 1.54) is 0 Å². The largest absolute Gasteiger partial charge is 0.237 e.